The standard InChI is InChI=1S/C41H59FN3O14P3/c1-10-54-60(50,26-61(51,55-11-2)56-12-3)29-17-18-34(59-62(52,57-13-4)58-14-5)32(21-29)41(7,8)23-35(46)44-20-19-43(24-27(44)6)37-33(42)22-30-36(39(37)53-9)45(28-15-16-28)25-31(38(30)47)40(48)49/h17-18,21-22,25,27-28H,10-16,19-20,23-24,26H2,1-9H3,(H,48,49). The molecular weight excluding hydrogens is 870 g/mol. The van der Waals surface area contributed by atoms with E-state index < -0.39 is 62.9 Å². The molecular formula is C41H59FN3O14P3. The number of ether oxygens (including phenoxy) is 1. The van der Waals surface area contributed by atoms with Gasteiger partial charge in [-0.25, -0.2) is 13.8 Å². The number of carbonyl (C=O) groups is 2. The van der Waals surface area contributed by atoms with E-state index in [2.05, 4.69) is 0 Å². The van der Waals surface area contributed by atoms with Crippen molar-refractivity contribution in [3.63, 3.8) is 0 Å². The summed E-state index contributed by atoms with van der Waals surface area (Å²) in [4.78, 5) is 43.0. The Bertz CT molecular complexity index is 2330. The topological polar surface area (TPSA) is 199 Å². The monoisotopic (exact) mass is 929 g/mol. The molecule has 2 heterocycles. The van der Waals surface area contributed by atoms with Crippen LogP contribution in [-0.2, 0) is 46.5 Å². The highest BCUT2D eigenvalue weighted by molar-refractivity contribution is 7.78. The van der Waals surface area contributed by atoms with Gasteiger partial charge in [0.25, 0.3) is 0 Å². The molecule has 1 aliphatic heterocycles. The van der Waals surface area contributed by atoms with Crippen LogP contribution >= 0.6 is 22.8 Å². The number of hydrogen-bond donors (Lipinski definition) is 1. The molecule has 0 spiro atoms. The minimum Gasteiger partial charge on any atom is -0.492 e. The maximum atomic E-state index is 16.2. The largest absolute Gasteiger partial charge is 0.530 e. The van der Waals surface area contributed by atoms with Gasteiger partial charge in [-0.05, 0) is 78.6 Å². The fourth-order valence-corrected chi connectivity index (χ4v) is 14.6. The van der Waals surface area contributed by atoms with Crippen LogP contribution in [0.5, 0.6) is 11.5 Å². The minimum atomic E-state index is -4.18. The summed E-state index contributed by atoms with van der Waals surface area (Å²) >= 11 is 0. The van der Waals surface area contributed by atoms with Crippen molar-refractivity contribution in [2.45, 2.75) is 92.2 Å². The number of carboxylic acid groups (broad SMARTS) is 1. The number of phosphoric ester groups is 1. The highest BCUT2D eigenvalue weighted by Crippen LogP contribution is 2.63. The lowest BCUT2D eigenvalue weighted by Crippen LogP contribution is -2.55. The molecule has 1 aliphatic carbocycles. The average molecular weight is 930 g/mol. The fraction of sp³-hybridized carbons (Fsp3) is 0.585. The first kappa shape index (κ1) is 49.4. The average Bonchev–Trinajstić information content (AvgIpc) is 4.03. The molecule has 2 unspecified atom stereocenters. The molecule has 1 amide bonds. The third-order valence-corrected chi connectivity index (χ3v) is 18.1. The molecule has 17 nitrogen and oxygen atoms in total. The van der Waals surface area contributed by atoms with E-state index in [1.165, 1.54) is 31.5 Å². The number of fused-ring (bicyclic) bond motifs is 1. The van der Waals surface area contributed by atoms with Crippen molar-refractivity contribution < 1.29 is 64.7 Å². The van der Waals surface area contributed by atoms with Gasteiger partial charge in [0.15, 0.2) is 11.6 Å². The second kappa shape index (κ2) is 20.1. The van der Waals surface area contributed by atoms with Crippen LogP contribution in [0.25, 0.3) is 10.9 Å². The molecule has 344 valence electrons. The van der Waals surface area contributed by atoms with Crippen molar-refractivity contribution in [2.24, 2.45) is 0 Å². The number of aromatic carboxylic acids is 1. The summed E-state index contributed by atoms with van der Waals surface area (Å²) in [6.45, 7) is 14.2. The van der Waals surface area contributed by atoms with E-state index in [9.17, 15) is 33.2 Å². The lowest BCUT2D eigenvalue weighted by atomic mass is 9.80. The maximum absolute atomic E-state index is 16.2. The van der Waals surface area contributed by atoms with Gasteiger partial charge in [-0.1, -0.05) is 13.8 Å². The molecule has 2 fully saturated rings. The Kier molecular flexibility index (Phi) is 16.0. The van der Waals surface area contributed by atoms with Gasteiger partial charge in [0.2, 0.25) is 18.7 Å². The summed E-state index contributed by atoms with van der Waals surface area (Å²) in [6.07, 6.45) is 2.68. The lowest BCUT2D eigenvalue weighted by molar-refractivity contribution is -0.134. The molecule has 5 rings (SSSR count). The molecule has 1 saturated carbocycles. The van der Waals surface area contributed by atoms with E-state index in [4.69, 9.17) is 31.9 Å². The van der Waals surface area contributed by atoms with Gasteiger partial charge >= 0.3 is 21.4 Å². The predicted octanol–water partition coefficient (Wildman–Crippen LogP) is 8.31. The van der Waals surface area contributed by atoms with Crippen LogP contribution in [-0.4, -0.2) is 98.2 Å². The van der Waals surface area contributed by atoms with Crippen LogP contribution in [0.3, 0.4) is 0 Å². The number of carboxylic acids is 1. The van der Waals surface area contributed by atoms with Gasteiger partial charge in [0, 0.05) is 60.6 Å². The summed E-state index contributed by atoms with van der Waals surface area (Å²) in [5.74, 6) is -2.88. The van der Waals surface area contributed by atoms with Crippen LogP contribution in [0.1, 0.15) is 96.6 Å². The zero-order valence-corrected chi connectivity index (χ0v) is 39.5. The molecule has 3 aromatic rings. The van der Waals surface area contributed by atoms with E-state index in [0.717, 1.165) is 18.9 Å². The zero-order chi connectivity index (χ0) is 45.8. The molecule has 21 heteroatoms. The quantitative estimate of drug-likeness (QED) is 0.0943. The van der Waals surface area contributed by atoms with Crippen molar-refractivity contribution >= 4 is 56.6 Å². The SMILES string of the molecule is CCOP(=O)(CP(=O)(OCC)c1ccc(OP(=O)(OCC)OCC)c(C(C)(C)CC(=O)N2CCN(c3c(F)cc4c(=O)c(C(=O)O)cn(C5CC5)c4c3OC)CC2C)c1)OCC. The number of nitrogens with zero attached hydrogens (tertiary/aromatic N) is 3. The molecule has 0 radical (unpaired) electrons. The Morgan fingerprint density at radius 1 is 0.903 bits per heavy atom. The molecule has 2 atom stereocenters. The van der Waals surface area contributed by atoms with Gasteiger partial charge in [0.1, 0.15) is 22.9 Å². The predicted molar refractivity (Wildman–Crippen MR) is 233 cm³/mol. The number of halogens is 1. The number of rotatable bonds is 22. The second-order valence-corrected chi connectivity index (χ2v) is 22.2. The number of amides is 1. The van der Waals surface area contributed by atoms with Crippen LogP contribution < -0.4 is 24.9 Å². The molecule has 1 aromatic heterocycles. The molecule has 2 aromatic carbocycles. The highest BCUT2D eigenvalue weighted by Gasteiger charge is 2.42. The summed E-state index contributed by atoms with van der Waals surface area (Å²) in [5, 5.41) is 9.78. The third-order valence-electron chi connectivity index (χ3n) is 10.6. The van der Waals surface area contributed by atoms with Crippen molar-refractivity contribution in [1.82, 2.24) is 9.47 Å². The Hall–Kier alpha value is -3.59. The number of aromatic nitrogens is 1. The molecule has 62 heavy (non-hydrogen) atoms. The van der Waals surface area contributed by atoms with E-state index in [1.807, 2.05) is 6.92 Å². The normalized spacial score (nSPS) is 17.3. The summed E-state index contributed by atoms with van der Waals surface area (Å²) in [7, 11) is -10.7. The number of piperazine rings is 1. The number of pyridine rings is 1. The number of carbonyl (C=O) groups excluding carboxylic acids is 1. The van der Waals surface area contributed by atoms with Crippen LogP contribution in [0, 0.1) is 5.82 Å². The summed E-state index contributed by atoms with van der Waals surface area (Å²) in [6, 6.07) is 4.95. The number of phosphoric acid groups is 1. The second-order valence-electron chi connectivity index (χ2n) is 15.6. The third kappa shape index (κ3) is 10.7. The van der Waals surface area contributed by atoms with E-state index >= 15 is 4.39 Å². The van der Waals surface area contributed by atoms with Gasteiger partial charge < -0.3 is 42.3 Å². The minimum absolute atomic E-state index is 0.000426. The molecule has 1 saturated heterocycles. The lowest BCUT2D eigenvalue weighted by Gasteiger charge is -2.42. The van der Waals surface area contributed by atoms with Crippen LogP contribution in [0.4, 0.5) is 10.1 Å². The fourth-order valence-electron chi connectivity index (χ4n) is 7.84. The molecule has 0 bridgehead atoms. The van der Waals surface area contributed by atoms with E-state index in [1.54, 1.807) is 62.8 Å². The summed E-state index contributed by atoms with van der Waals surface area (Å²) in [5.41, 5.74) is -1.66. The Morgan fingerprint density at radius 3 is 2.05 bits per heavy atom. The number of methoxy groups -OCH3 is 1. The first-order valence-electron chi connectivity index (χ1n) is 20.8. The number of anilines is 1. The van der Waals surface area contributed by atoms with Gasteiger partial charge in [-0.3, -0.25) is 27.8 Å². The van der Waals surface area contributed by atoms with Crippen molar-refractivity contribution in [3.05, 3.63) is 57.6 Å². The number of hydrogen-bond acceptors (Lipinski definition) is 14. The first-order valence-corrected chi connectivity index (χ1v) is 25.8. The van der Waals surface area contributed by atoms with Crippen molar-refractivity contribution in [2.75, 3.05) is 70.6 Å². The molecule has 1 N–H and O–H groups in total. The van der Waals surface area contributed by atoms with Crippen molar-refractivity contribution in [1.29, 1.82) is 0 Å². The van der Waals surface area contributed by atoms with Gasteiger partial charge in [0.05, 0.1) is 51.0 Å². The highest BCUT2D eigenvalue weighted by atomic mass is 31.2. The van der Waals surface area contributed by atoms with Crippen LogP contribution in [0.15, 0.2) is 35.3 Å². The zero-order valence-electron chi connectivity index (χ0n) is 36.8. The molecule has 2 aliphatic rings. The Balaban J connectivity index is 1.49. The Labute approximate surface area is 361 Å². The van der Waals surface area contributed by atoms with Crippen molar-refractivity contribution in [3.8, 4) is 11.5 Å². The van der Waals surface area contributed by atoms with Gasteiger partial charge in [-0.15, -0.1) is 0 Å². The maximum Gasteiger partial charge on any atom is 0.530 e. The summed E-state index contributed by atoms with van der Waals surface area (Å²) < 4.78 is 99.5. The first-order chi connectivity index (χ1) is 29.2. The van der Waals surface area contributed by atoms with E-state index in [-0.39, 0.29) is 98.9 Å². The van der Waals surface area contributed by atoms with Gasteiger partial charge in [-0.2, -0.15) is 0 Å². The van der Waals surface area contributed by atoms with Crippen LogP contribution in [0.2, 0.25) is 0 Å². The number of benzene rings is 2. The van der Waals surface area contributed by atoms with E-state index in [0.29, 0.717) is 11.1 Å². The smallest absolute Gasteiger partial charge is 0.492 e. The Morgan fingerprint density at radius 2 is 1.52 bits per heavy atom.